The van der Waals surface area contributed by atoms with Gasteiger partial charge in [-0.05, 0) is 31.0 Å². The Hall–Kier alpha value is -2.08. The molecule has 0 aromatic heterocycles. The minimum absolute atomic E-state index is 0.0295. The van der Waals surface area contributed by atoms with Crippen LogP contribution in [-0.2, 0) is 9.59 Å². The molecule has 1 fully saturated rings. The number of hydrogen-bond donors (Lipinski definition) is 1. The van der Waals surface area contributed by atoms with Crippen LogP contribution >= 0.6 is 0 Å². The van der Waals surface area contributed by atoms with E-state index in [0.717, 1.165) is 25.3 Å². The van der Waals surface area contributed by atoms with Gasteiger partial charge in [-0.1, -0.05) is 12.1 Å². The van der Waals surface area contributed by atoms with Gasteiger partial charge in [0.1, 0.15) is 5.75 Å². The first-order valence-corrected chi connectivity index (χ1v) is 8.48. The highest BCUT2D eigenvalue weighted by Crippen LogP contribution is 2.12. The van der Waals surface area contributed by atoms with Crippen molar-refractivity contribution in [3.8, 4) is 5.75 Å². The van der Waals surface area contributed by atoms with Crippen molar-refractivity contribution in [1.82, 2.24) is 15.1 Å². The molecule has 1 N–H and O–H groups in total. The molecule has 0 atom stereocenters. The molecule has 2 rings (SSSR count). The standard InChI is InChI=1S/C18H27N3O3/c1-15-5-3-6-17(13-15)24-12-4-7-19-18(23)14-20-8-10-21(11-9-20)16(2)22/h3,5-6,13H,4,7-12,14H2,1-2H3,(H,19,23). The molecule has 0 unspecified atom stereocenters. The molecule has 1 heterocycles. The summed E-state index contributed by atoms with van der Waals surface area (Å²) in [5, 5.41) is 2.92. The van der Waals surface area contributed by atoms with Crippen LogP contribution in [0.5, 0.6) is 5.75 Å². The monoisotopic (exact) mass is 333 g/mol. The molecule has 2 amide bonds. The average Bonchev–Trinajstić information content (AvgIpc) is 2.55. The highest BCUT2D eigenvalue weighted by Gasteiger charge is 2.19. The number of carbonyl (C=O) groups excluding carboxylic acids is 2. The van der Waals surface area contributed by atoms with Crippen molar-refractivity contribution >= 4 is 11.8 Å². The van der Waals surface area contributed by atoms with E-state index >= 15 is 0 Å². The van der Waals surface area contributed by atoms with Crippen molar-refractivity contribution in [3.05, 3.63) is 29.8 Å². The summed E-state index contributed by atoms with van der Waals surface area (Å²) in [5.41, 5.74) is 1.17. The molecule has 132 valence electrons. The Morgan fingerprint density at radius 1 is 1.21 bits per heavy atom. The summed E-state index contributed by atoms with van der Waals surface area (Å²) < 4.78 is 5.65. The Morgan fingerprint density at radius 3 is 2.62 bits per heavy atom. The zero-order chi connectivity index (χ0) is 17.4. The lowest BCUT2D eigenvalue weighted by Gasteiger charge is -2.33. The van der Waals surface area contributed by atoms with E-state index in [1.807, 2.05) is 36.1 Å². The van der Waals surface area contributed by atoms with Gasteiger partial charge in [0.15, 0.2) is 0 Å². The first kappa shape index (κ1) is 18.3. The molecule has 6 heteroatoms. The molecule has 6 nitrogen and oxygen atoms in total. The minimum Gasteiger partial charge on any atom is -0.494 e. The summed E-state index contributed by atoms with van der Waals surface area (Å²) in [4.78, 5) is 27.1. The third-order valence-electron chi connectivity index (χ3n) is 4.09. The van der Waals surface area contributed by atoms with Crippen molar-refractivity contribution < 1.29 is 14.3 Å². The van der Waals surface area contributed by atoms with Crippen LogP contribution in [0.15, 0.2) is 24.3 Å². The van der Waals surface area contributed by atoms with Gasteiger partial charge in [0, 0.05) is 39.6 Å². The normalized spacial score (nSPS) is 15.2. The molecular weight excluding hydrogens is 306 g/mol. The highest BCUT2D eigenvalue weighted by molar-refractivity contribution is 5.78. The van der Waals surface area contributed by atoms with E-state index in [4.69, 9.17) is 4.74 Å². The van der Waals surface area contributed by atoms with Crippen molar-refractivity contribution in [2.45, 2.75) is 20.3 Å². The number of ether oxygens (including phenoxy) is 1. The first-order valence-electron chi connectivity index (χ1n) is 8.48. The van der Waals surface area contributed by atoms with Crippen LogP contribution in [0, 0.1) is 6.92 Å². The molecule has 1 aromatic carbocycles. The SMILES string of the molecule is CC(=O)N1CCN(CC(=O)NCCCOc2cccc(C)c2)CC1. The van der Waals surface area contributed by atoms with Crippen LogP contribution < -0.4 is 10.1 Å². The average molecular weight is 333 g/mol. The summed E-state index contributed by atoms with van der Waals surface area (Å²) in [6.07, 6.45) is 0.776. The lowest BCUT2D eigenvalue weighted by molar-refractivity contribution is -0.131. The molecule has 1 aromatic rings. The number of piperazine rings is 1. The Labute approximate surface area is 143 Å². The van der Waals surface area contributed by atoms with Gasteiger partial charge >= 0.3 is 0 Å². The summed E-state index contributed by atoms with van der Waals surface area (Å²) in [5.74, 6) is 0.999. The van der Waals surface area contributed by atoms with E-state index < -0.39 is 0 Å². The second-order valence-corrected chi connectivity index (χ2v) is 6.15. The second-order valence-electron chi connectivity index (χ2n) is 6.15. The van der Waals surface area contributed by atoms with Crippen molar-refractivity contribution in [1.29, 1.82) is 0 Å². The Kier molecular flexibility index (Phi) is 7.06. The Balaban J connectivity index is 1.55. The molecule has 0 bridgehead atoms. The molecular formula is C18H27N3O3. The zero-order valence-electron chi connectivity index (χ0n) is 14.6. The molecule has 0 saturated carbocycles. The van der Waals surface area contributed by atoms with Crippen LogP contribution in [0.2, 0.25) is 0 Å². The molecule has 1 saturated heterocycles. The van der Waals surface area contributed by atoms with Gasteiger partial charge in [0.05, 0.1) is 13.2 Å². The number of rotatable bonds is 7. The van der Waals surface area contributed by atoms with Gasteiger partial charge < -0.3 is 15.0 Å². The van der Waals surface area contributed by atoms with Gasteiger partial charge in [0.25, 0.3) is 0 Å². The van der Waals surface area contributed by atoms with Crippen LogP contribution in [0.4, 0.5) is 0 Å². The largest absolute Gasteiger partial charge is 0.494 e. The first-order chi connectivity index (χ1) is 11.5. The Bertz CT molecular complexity index is 554. The Morgan fingerprint density at radius 2 is 1.96 bits per heavy atom. The topological polar surface area (TPSA) is 61.9 Å². The summed E-state index contributed by atoms with van der Waals surface area (Å²) >= 11 is 0. The fraction of sp³-hybridized carbons (Fsp3) is 0.556. The van der Waals surface area contributed by atoms with Gasteiger partial charge in [-0.2, -0.15) is 0 Å². The predicted octanol–water partition coefficient (Wildman–Crippen LogP) is 1.04. The minimum atomic E-state index is 0.0295. The maximum Gasteiger partial charge on any atom is 0.234 e. The number of nitrogens with one attached hydrogen (secondary N) is 1. The molecule has 24 heavy (non-hydrogen) atoms. The zero-order valence-corrected chi connectivity index (χ0v) is 14.6. The van der Waals surface area contributed by atoms with Crippen molar-refractivity contribution in [2.75, 3.05) is 45.9 Å². The number of amides is 2. The fourth-order valence-electron chi connectivity index (χ4n) is 2.67. The summed E-state index contributed by atoms with van der Waals surface area (Å²) in [6.45, 7) is 8.11. The fourth-order valence-corrected chi connectivity index (χ4v) is 2.67. The lowest BCUT2D eigenvalue weighted by atomic mass is 10.2. The highest BCUT2D eigenvalue weighted by atomic mass is 16.5. The van der Waals surface area contributed by atoms with Gasteiger partial charge in [-0.25, -0.2) is 0 Å². The molecule has 1 aliphatic rings. The van der Waals surface area contributed by atoms with Gasteiger partial charge in [-0.3, -0.25) is 14.5 Å². The van der Waals surface area contributed by atoms with Crippen molar-refractivity contribution in [2.24, 2.45) is 0 Å². The van der Waals surface area contributed by atoms with E-state index in [1.54, 1.807) is 6.92 Å². The van der Waals surface area contributed by atoms with E-state index in [9.17, 15) is 9.59 Å². The number of nitrogens with zero attached hydrogens (tertiary/aromatic N) is 2. The number of carbonyl (C=O) groups is 2. The number of aryl methyl sites for hydroxylation is 1. The summed E-state index contributed by atoms with van der Waals surface area (Å²) in [7, 11) is 0. The molecule has 0 spiro atoms. The maximum atomic E-state index is 11.9. The van der Waals surface area contributed by atoms with E-state index in [1.165, 1.54) is 5.56 Å². The quantitative estimate of drug-likeness (QED) is 0.758. The van der Waals surface area contributed by atoms with E-state index in [-0.39, 0.29) is 11.8 Å². The van der Waals surface area contributed by atoms with Crippen LogP contribution in [0.3, 0.4) is 0 Å². The van der Waals surface area contributed by atoms with Gasteiger partial charge in [0.2, 0.25) is 11.8 Å². The third kappa shape index (κ3) is 6.20. The van der Waals surface area contributed by atoms with Crippen molar-refractivity contribution in [3.63, 3.8) is 0 Å². The maximum absolute atomic E-state index is 11.9. The smallest absolute Gasteiger partial charge is 0.234 e. The molecule has 0 aliphatic carbocycles. The summed E-state index contributed by atoms with van der Waals surface area (Å²) in [6, 6.07) is 7.94. The number of benzene rings is 1. The molecule has 1 aliphatic heterocycles. The second kappa shape index (κ2) is 9.27. The van der Waals surface area contributed by atoms with Crippen LogP contribution in [-0.4, -0.2) is 67.5 Å². The van der Waals surface area contributed by atoms with E-state index in [0.29, 0.717) is 32.8 Å². The van der Waals surface area contributed by atoms with Crippen LogP contribution in [0.25, 0.3) is 0 Å². The van der Waals surface area contributed by atoms with Crippen LogP contribution in [0.1, 0.15) is 18.9 Å². The van der Waals surface area contributed by atoms with E-state index in [2.05, 4.69) is 10.2 Å². The predicted molar refractivity (Wildman–Crippen MR) is 93.0 cm³/mol. The third-order valence-corrected chi connectivity index (χ3v) is 4.09. The lowest BCUT2D eigenvalue weighted by Crippen LogP contribution is -2.50. The number of hydrogen-bond acceptors (Lipinski definition) is 4. The van der Waals surface area contributed by atoms with Gasteiger partial charge in [-0.15, -0.1) is 0 Å². The molecule has 0 radical (unpaired) electrons.